The van der Waals surface area contributed by atoms with Gasteiger partial charge in [0.1, 0.15) is 5.82 Å². The molecule has 0 fully saturated rings. The number of halogens is 1. The van der Waals surface area contributed by atoms with Gasteiger partial charge in [-0.2, -0.15) is 0 Å². The van der Waals surface area contributed by atoms with E-state index in [1.165, 1.54) is 12.1 Å². The third-order valence-corrected chi connectivity index (χ3v) is 2.76. The number of hydrogen-bond donors (Lipinski definition) is 1. The predicted octanol–water partition coefficient (Wildman–Crippen LogP) is 2.14. The van der Waals surface area contributed by atoms with Crippen LogP contribution in [0, 0.1) is 5.82 Å². The molecule has 1 N–H and O–H groups in total. The van der Waals surface area contributed by atoms with Crippen LogP contribution in [-0.2, 0) is 16.1 Å². The van der Waals surface area contributed by atoms with Crippen molar-refractivity contribution >= 4 is 5.97 Å². The van der Waals surface area contributed by atoms with Crippen LogP contribution in [0.2, 0.25) is 0 Å². The molecule has 1 aromatic carbocycles. The molecule has 106 valence electrons. The van der Waals surface area contributed by atoms with Crippen molar-refractivity contribution in [3.8, 4) is 0 Å². The second-order valence-electron chi connectivity index (χ2n) is 4.44. The molecule has 0 spiro atoms. The van der Waals surface area contributed by atoms with Crippen LogP contribution < -0.4 is 0 Å². The number of carboxylic acid groups (broad SMARTS) is 1. The summed E-state index contributed by atoms with van der Waals surface area (Å²) >= 11 is 0. The van der Waals surface area contributed by atoms with E-state index < -0.39 is 12.1 Å². The highest BCUT2D eigenvalue weighted by Gasteiger charge is 2.17. The number of rotatable bonds is 8. The number of aliphatic carboxylic acids is 1. The maximum absolute atomic E-state index is 13.0. The van der Waals surface area contributed by atoms with E-state index in [-0.39, 0.29) is 5.82 Å². The van der Waals surface area contributed by atoms with E-state index in [1.807, 2.05) is 18.0 Å². The van der Waals surface area contributed by atoms with Gasteiger partial charge in [-0.3, -0.25) is 0 Å². The van der Waals surface area contributed by atoms with Gasteiger partial charge in [0, 0.05) is 19.7 Å². The molecule has 1 rings (SSSR count). The standard InChI is InChI=1S/C14H20FNO3/c1-3-19-13(14(17)18)7-8-16(2)10-11-5-4-6-12(15)9-11/h4-6,9,13H,3,7-8,10H2,1-2H3,(H,17,18). The molecule has 1 atom stereocenters. The predicted molar refractivity (Wildman–Crippen MR) is 70.4 cm³/mol. The van der Waals surface area contributed by atoms with Gasteiger partial charge in [-0.05, 0) is 38.1 Å². The lowest BCUT2D eigenvalue weighted by molar-refractivity contribution is -0.150. The van der Waals surface area contributed by atoms with Crippen LogP contribution >= 0.6 is 0 Å². The zero-order chi connectivity index (χ0) is 14.3. The first-order valence-corrected chi connectivity index (χ1v) is 6.30. The lowest BCUT2D eigenvalue weighted by atomic mass is 10.2. The second-order valence-corrected chi connectivity index (χ2v) is 4.44. The average Bonchev–Trinajstić information content (AvgIpc) is 2.34. The molecule has 0 aliphatic carbocycles. The molecular formula is C14H20FNO3. The monoisotopic (exact) mass is 269 g/mol. The van der Waals surface area contributed by atoms with E-state index in [4.69, 9.17) is 9.84 Å². The summed E-state index contributed by atoms with van der Waals surface area (Å²) in [6.07, 6.45) is -0.366. The Hall–Kier alpha value is -1.46. The third-order valence-electron chi connectivity index (χ3n) is 2.76. The van der Waals surface area contributed by atoms with Crippen LogP contribution in [0.25, 0.3) is 0 Å². The Kier molecular flexibility index (Phi) is 6.45. The lowest BCUT2D eigenvalue weighted by Crippen LogP contribution is -2.29. The van der Waals surface area contributed by atoms with Gasteiger partial charge < -0.3 is 14.7 Å². The van der Waals surface area contributed by atoms with Gasteiger partial charge >= 0.3 is 5.97 Å². The zero-order valence-corrected chi connectivity index (χ0v) is 11.3. The van der Waals surface area contributed by atoms with Crippen molar-refractivity contribution in [2.24, 2.45) is 0 Å². The quantitative estimate of drug-likeness (QED) is 0.785. The van der Waals surface area contributed by atoms with Gasteiger partial charge in [-0.15, -0.1) is 0 Å². The van der Waals surface area contributed by atoms with Crippen molar-refractivity contribution in [3.05, 3.63) is 35.6 Å². The normalized spacial score (nSPS) is 12.6. The molecule has 1 aromatic rings. The Morgan fingerprint density at radius 2 is 2.26 bits per heavy atom. The third kappa shape index (κ3) is 5.81. The fourth-order valence-corrected chi connectivity index (χ4v) is 1.84. The van der Waals surface area contributed by atoms with E-state index in [0.29, 0.717) is 26.1 Å². The van der Waals surface area contributed by atoms with Crippen molar-refractivity contribution in [1.29, 1.82) is 0 Å². The fourth-order valence-electron chi connectivity index (χ4n) is 1.84. The number of nitrogens with zero attached hydrogens (tertiary/aromatic N) is 1. The molecular weight excluding hydrogens is 249 g/mol. The summed E-state index contributed by atoms with van der Waals surface area (Å²) in [4.78, 5) is 12.9. The van der Waals surface area contributed by atoms with Crippen molar-refractivity contribution in [2.75, 3.05) is 20.2 Å². The first-order chi connectivity index (χ1) is 9.02. The van der Waals surface area contributed by atoms with Crippen LogP contribution in [0.5, 0.6) is 0 Å². The topological polar surface area (TPSA) is 49.8 Å². The minimum atomic E-state index is -0.944. The first kappa shape index (κ1) is 15.6. The van der Waals surface area contributed by atoms with Crippen molar-refractivity contribution in [3.63, 3.8) is 0 Å². The Labute approximate surface area is 112 Å². The molecule has 0 aliphatic heterocycles. The summed E-state index contributed by atoms with van der Waals surface area (Å²) in [5.41, 5.74) is 0.866. The molecule has 4 nitrogen and oxygen atoms in total. The van der Waals surface area contributed by atoms with Gasteiger partial charge in [0.25, 0.3) is 0 Å². The Morgan fingerprint density at radius 3 is 2.84 bits per heavy atom. The Balaban J connectivity index is 2.42. The largest absolute Gasteiger partial charge is 0.479 e. The van der Waals surface area contributed by atoms with Gasteiger partial charge in [0.05, 0.1) is 0 Å². The van der Waals surface area contributed by atoms with Crippen molar-refractivity contribution in [1.82, 2.24) is 4.90 Å². The van der Waals surface area contributed by atoms with Crippen LogP contribution in [-0.4, -0.2) is 42.3 Å². The highest BCUT2D eigenvalue weighted by Crippen LogP contribution is 2.08. The van der Waals surface area contributed by atoms with E-state index in [0.717, 1.165) is 5.56 Å². The molecule has 0 heterocycles. The lowest BCUT2D eigenvalue weighted by Gasteiger charge is -2.19. The minimum absolute atomic E-state index is 0.261. The minimum Gasteiger partial charge on any atom is -0.479 e. The molecule has 0 amide bonds. The number of carboxylic acids is 1. The molecule has 0 saturated carbocycles. The maximum Gasteiger partial charge on any atom is 0.332 e. The van der Waals surface area contributed by atoms with Gasteiger partial charge in [0.2, 0.25) is 0 Å². The molecule has 0 aliphatic rings. The summed E-state index contributed by atoms with van der Waals surface area (Å²) in [7, 11) is 1.87. The number of benzene rings is 1. The van der Waals surface area contributed by atoms with E-state index in [9.17, 15) is 9.18 Å². The van der Waals surface area contributed by atoms with Gasteiger partial charge in [0.15, 0.2) is 6.10 Å². The van der Waals surface area contributed by atoms with Crippen LogP contribution in [0.15, 0.2) is 24.3 Å². The molecule has 5 heteroatoms. The molecule has 0 aromatic heterocycles. The number of ether oxygens (including phenoxy) is 1. The summed E-state index contributed by atoms with van der Waals surface area (Å²) in [5, 5.41) is 8.95. The molecule has 0 radical (unpaired) electrons. The second kappa shape index (κ2) is 7.86. The van der Waals surface area contributed by atoms with Crippen molar-refractivity contribution in [2.45, 2.75) is 26.0 Å². The molecule has 19 heavy (non-hydrogen) atoms. The fraction of sp³-hybridized carbons (Fsp3) is 0.500. The average molecular weight is 269 g/mol. The molecule has 1 unspecified atom stereocenters. The van der Waals surface area contributed by atoms with Crippen molar-refractivity contribution < 1.29 is 19.0 Å². The zero-order valence-electron chi connectivity index (χ0n) is 11.3. The van der Waals surface area contributed by atoms with Gasteiger partial charge in [-0.25, -0.2) is 9.18 Å². The highest BCUT2D eigenvalue weighted by atomic mass is 19.1. The smallest absolute Gasteiger partial charge is 0.332 e. The molecule has 0 bridgehead atoms. The Morgan fingerprint density at radius 1 is 1.53 bits per heavy atom. The summed E-state index contributed by atoms with van der Waals surface area (Å²) in [5.74, 6) is -1.20. The SMILES string of the molecule is CCOC(CCN(C)Cc1cccc(F)c1)C(=O)O. The maximum atomic E-state index is 13.0. The summed E-state index contributed by atoms with van der Waals surface area (Å²) in [6, 6.07) is 6.39. The van der Waals surface area contributed by atoms with Crippen LogP contribution in [0.1, 0.15) is 18.9 Å². The summed E-state index contributed by atoms with van der Waals surface area (Å²) < 4.78 is 18.2. The first-order valence-electron chi connectivity index (χ1n) is 6.30. The summed E-state index contributed by atoms with van der Waals surface area (Å²) in [6.45, 7) is 3.31. The number of hydrogen-bond acceptors (Lipinski definition) is 3. The Bertz CT molecular complexity index is 411. The van der Waals surface area contributed by atoms with Crippen LogP contribution in [0.3, 0.4) is 0 Å². The van der Waals surface area contributed by atoms with E-state index in [2.05, 4.69) is 0 Å². The molecule has 0 saturated heterocycles. The van der Waals surface area contributed by atoms with E-state index in [1.54, 1.807) is 13.0 Å². The van der Waals surface area contributed by atoms with E-state index >= 15 is 0 Å². The number of carbonyl (C=O) groups is 1. The highest BCUT2D eigenvalue weighted by molar-refractivity contribution is 5.72. The van der Waals surface area contributed by atoms with Crippen LogP contribution in [0.4, 0.5) is 4.39 Å². The van der Waals surface area contributed by atoms with Gasteiger partial charge in [-0.1, -0.05) is 12.1 Å².